The molecule has 7 heteroatoms. The van der Waals surface area contributed by atoms with Gasteiger partial charge in [0, 0.05) is 28.7 Å². The van der Waals surface area contributed by atoms with E-state index in [-0.39, 0.29) is 5.69 Å². The smallest absolute Gasteiger partial charge is 0.269 e. The van der Waals surface area contributed by atoms with Crippen molar-refractivity contribution < 1.29 is 4.92 Å². The summed E-state index contributed by atoms with van der Waals surface area (Å²) in [5, 5.41) is 22.0. The molecule has 0 atom stereocenters. The molecule has 0 radical (unpaired) electrons. The van der Waals surface area contributed by atoms with Gasteiger partial charge in [-0.3, -0.25) is 14.7 Å². The molecule has 0 saturated heterocycles. The van der Waals surface area contributed by atoms with E-state index >= 15 is 0 Å². The molecule has 1 N–H and O–H groups in total. The van der Waals surface area contributed by atoms with E-state index in [1.54, 1.807) is 18.2 Å². The second kappa shape index (κ2) is 7.28. The number of fused-ring (bicyclic) bond motifs is 3. The van der Waals surface area contributed by atoms with E-state index in [0.717, 1.165) is 21.9 Å². The van der Waals surface area contributed by atoms with Crippen molar-refractivity contribution in [2.24, 2.45) is 4.99 Å². The van der Waals surface area contributed by atoms with Gasteiger partial charge in [-0.2, -0.15) is 5.26 Å². The van der Waals surface area contributed by atoms with E-state index < -0.39 is 4.92 Å². The number of nitrogens with one attached hydrogen (secondary N) is 1. The first-order valence-electron chi connectivity index (χ1n) is 9.57. The van der Waals surface area contributed by atoms with E-state index in [2.05, 4.69) is 11.1 Å². The van der Waals surface area contributed by atoms with Gasteiger partial charge in [0.2, 0.25) is 0 Å². The summed E-state index contributed by atoms with van der Waals surface area (Å²) in [5.41, 5.74) is 4.77. The minimum atomic E-state index is -0.434. The molecule has 0 aliphatic heterocycles. The number of nitro groups is 1. The summed E-state index contributed by atoms with van der Waals surface area (Å²) in [6.07, 6.45) is 0. The Morgan fingerprint density at radius 1 is 0.935 bits per heavy atom. The molecule has 31 heavy (non-hydrogen) atoms. The van der Waals surface area contributed by atoms with Crippen molar-refractivity contribution in [3.8, 4) is 11.8 Å². The third-order valence-electron chi connectivity index (χ3n) is 5.10. The predicted octanol–water partition coefficient (Wildman–Crippen LogP) is 5.12. The Morgan fingerprint density at radius 3 is 2.35 bits per heavy atom. The Bertz CT molecular complexity index is 1560. The van der Waals surface area contributed by atoms with Crippen LogP contribution in [0.2, 0.25) is 0 Å². The fourth-order valence-electron chi connectivity index (χ4n) is 3.72. The van der Waals surface area contributed by atoms with Gasteiger partial charge in [-0.25, -0.2) is 4.99 Å². The summed E-state index contributed by atoms with van der Waals surface area (Å²) >= 11 is 0. The molecule has 0 spiro atoms. The zero-order valence-electron chi connectivity index (χ0n) is 16.2. The summed E-state index contributed by atoms with van der Waals surface area (Å²) in [7, 11) is 0. The first-order valence-corrected chi connectivity index (χ1v) is 9.57. The van der Waals surface area contributed by atoms with Gasteiger partial charge in [-0.1, -0.05) is 36.4 Å². The first kappa shape index (κ1) is 18.3. The quantitative estimate of drug-likeness (QED) is 0.333. The van der Waals surface area contributed by atoms with Crippen molar-refractivity contribution in [2.45, 2.75) is 0 Å². The van der Waals surface area contributed by atoms with Gasteiger partial charge in [-0.05, 0) is 36.4 Å². The molecule has 0 bridgehead atoms. The van der Waals surface area contributed by atoms with Gasteiger partial charge < -0.3 is 4.98 Å². The van der Waals surface area contributed by atoms with Crippen molar-refractivity contribution in [1.82, 2.24) is 9.55 Å². The number of para-hydroxylation sites is 2. The lowest BCUT2D eigenvalue weighted by atomic mass is 10.1. The van der Waals surface area contributed by atoms with Crippen molar-refractivity contribution in [1.29, 1.82) is 5.26 Å². The minimum absolute atomic E-state index is 0.00231. The minimum Gasteiger partial charge on any atom is -0.353 e. The average Bonchev–Trinajstić information content (AvgIpc) is 3.17. The molecule has 0 aliphatic carbocycles. The second-order valence-corrected chi connectivity index (χ2v) is 6.98. The molecule has 7 nitrogen and oxygen atoms in total. The molecule has 148 valence electrons. The highest BCUT2D eigenvalue weighted by Gasteiger charge is 2.15. The van der Waals surface area contributed by atoms with Crippen LogP contribution in [0.4, 0.5) is 11.4 Å². The molecule has 0 aliphatic rings. The van der Waals surface area contributed by atoms with Gasteiger partial charge in [0.15, 0.2) is 5.49 Å². The average molecular weight is 405 g/mol. The summed E-state index contributed by atoms with van der Waals surface area (Å²) < 4.78 is 1.88. The van der Waals surface area contributed by atoms with E-state index in [0.29, 0.717) is 22.4 Å². The van der Waals surface area contributed by atoms with Crippen LogP contribution in [0.15, 0.2) is 89.9 Å². The van der Waals surface area contributed by atoms with Crippen LogP contribution >= 0.6 is 0 Å². The number of nitro benzene ring substituents is 1. The largest absolute Gasteiger partial charge is 0.353 e. The second-order valence-electron chi connectivity index (χ2n) is 6.98. The number of aromatic amines is 1. The van der Waals surface area contributed by atoms with Crippen molar-refractivity contribution >= 4 is 33.3 Å². The third kappa shape index (κ3) is 3.12. The van der Waals surface area contributed by atoms with E-state index in [9.17, 15) is 15.4 Å². The normalized spacial score (nSPS) is 11.6. The van der Waals surface area contributed by atoms with Crippen LogP contribution in [0.1, 0.15) is 5.56 Å². The zero-order chi connectivity index (χ0) is 21.4. The number of non-ortho nitro benzene ring substituents is 1. The maximum absolute atomic E-state index is 11.1. The van der Waals surface area contributed by atoms with E-state index in [1.807, 2.05) is 59.2 Å². The fraction of sp³-hybridized carbons (Fsp3) is 0. The zero-order valence-corrected chi connectivity index (χ0v) is 16.2. The molecule has 0 amide bonds. The lowest BCUT2D eigenvalue weighted by Crippen LogP contribution is -2.22. The van der Waals surface area contributed by atoms with E-state index in [4.69, 9.17) is 4.99 Å². The number of hydrogen-bond donors (Lipinski definition) is 1. The van der Waals surface area contributed by atoms with Crippen LogP contribution in [-0.2, 0) is 0 Å². The van der Waals surface area contributed by atoms with Crippen LogP contribution in [0, 0.1) is 21.4 Å². The Labute approximate surface area is 176 Å². The molecular weight excluding hydrogens is 390 g/mol. The summed E-state index contributed by atoms with van der Waals surface area (Å²) in [6, 6.07) is 27.5. The number of pyridine rings is 1. The molecule has 2 aromatic heterocycles. The van der Waals surface area contributed by atoms with E-state index in [1.165, 1.54) is 12.1 Å². The standard InChI is InChI=1S/C24H15N5O2/c25-15-16-14-22-23(20-8-4-5-9-21(20)27-22)28(18-10-12-19(13-11-18)29(30)31)24(16)26-17-6-2-1-3-7-17/h1-14,27H. The van der Waals surface area contributed by atoms with Crippen LogP contribution in [0.5, 0.6) is 0 Å². The molecule has 3 aromatic carbocycles. The highest BCUT2D eigenvalue weighted by molar-refractivity contribution is 6.06. The van der Waals surface area contributed by atoms with Gasteiger partial charge in [0.1, 0.15) is 6.07 Å². The molecule has 0 saturated carbocycles. The van der Waals surface area contributed by atoms with Gasteiger partial charge >= 0.3 is 0 Å². The maximum atomic E-state index is 11.1. The molecule has 2 heterocycles. The van der Waals surface area contributed by atoms with Crippen LogP contribution < -0.4 is 5.49 Å². The summed E-state index contributed by atoms with van der Waals surface area (Å²) in [4.78, 5) is 18.8. The predicted molar refractivity (Wildman–Crippen MR) is 118 cm³/mol. The lowest BCUT2D eigenvalue weighted by Gasteiger charge is -2.12. The lowest BCUT2D eigenvalue weighted by molar-refractivity contribution is -0.384. The monoisotopic (exact) mass is 405 g/mol. The summed E-state index contributed by atoms with van der Waals surface area (Å²) in [5.74, 6) is 0. The molecule has 0 fully saturated rings. The van der Waals surface area contributed by atoms with Gasteiger partial charge in [0.25, 0.3) is 5.69 Å². The van der Waals surface area contributed by atoms with Crippen molar-refractivity contribution in [3.05, 3.63) is 106 Å². The number of H-pyrrole nitrogens is 1. The molecule has 0 unspecified atom stereocenters. The third-order valence-corrected chi connectivity index (χ3v) is 5.10. The van der Waals surface area contributed by atoms with Crippen molar-refractivity contribution in [3.63, 3.8) is 0 Å². The Kier molecular flexibility index (Phi) is 4.31. The maximum Gasteiger partial charge on any atom is 0.269 e. The topological polar surface area (TPSA) is 100 Å². The first-order chi connectivity index (χ1) is 15.2. The number of hydrogen-bond acceptors (Lipinski definition) is 4. The number of benzene rings is 3. The number of nitrogens with zero attached hydrogens (tertiary/aromatic N) is 4. The highest BCUT2D eigenvalue weighted by Crippen LogP contribution is 2.28. The van der Waals surface area contributed by atoms with Crippen LogP contribution in [0.3, 0.4) is 0 Å². The number of nitriles is 1. The number of rotatable bonds is 3. The molecule has 5 rings (SSSR count). The Morgan fingerprint density at radius 2 is 1.65 bits per heavy atom. The summed E-state index contributed by atoms with van der Waals surface area (Å²) in [6.45, 7) is 0. The Hall–Kier alpha value is -4.70. The molecule has 5 aromatic rings. The fourth-order valence-corrected chi connectivity index (χ4v) is 3.72. The van der Waals surface area contributed by atoms with Crippen molar-refractivity contribution in [2.75, 3.05) is 0 Å². The number of aromatic nitrogens is 2. The highest BCUT2D eigenvalue weighted by atomic mass is 16.6. The van der Waals surface area contributed by atoms with Crippen LogP contribution in [0.25, 0.3) is 27.6 Å². The molecular formula is C24H15N5O2. The van der Waals surface area contributed by atoms with Crippen LogP contribution in [-0.4, -0.2) is 14.5 Å². The Balaban J connectivity index is 1.96. The van der Waals surface area contributed by atoms with Gasteiger partial charge in [-0.15, -0.1) is 0 Å². The SMILES string of the molecule is N#Cc1cc2[nH]c3ccccc3c2n(-c2ccc([N+](=O)[O-])cc2)c1=Nc1ccccc1. The van der Waals surface area contributed by atoms with Gasteiger partial charge in [0.05, 0.1) is 27.2 Å².